The molecule has 5 heteroatoms. The molecule has 1 atom stereocenters. The van der Waals surface area contributed by atoms with Crippen LogP contribution in [0.4, 0.5) is 13.2 Å². The van der Waals surface area contributed by atoms with E-state index in [4.69, 9.17) is 0 Å². The van der Waals surface area contributed by atoms with Crippen LogP contribution in [0.15, 0.2) is 72.9 Å². The van der Waals surface area contributed by atoms with Crippen LogP contribution >= 0.6 is 0 Å². The average molecular weight is 425 g/mol. The Bertz CT molecular complexity index is 968. The van der Waals surface area contributed by atoms with E-state index in [1.54, 1.807) is 6.07 Å². The van der Waals surface area contributed by atoms with Crippen LogP contribution in [0.2, 0.25) is 0 Å². The van der Waals surface area contributed by atoms with Gasteiger partial charge in [-0.05, 0) is 61.1 Å². The molecule has 2 heterocycles. The number of benzene rings is 2. The van der Waals surface area contributed by atoms with Gasteiger partial charge >= 0.3 is 6.18 Å². The van der Waals surface area contributed by atoms with Crippen molar-refractivity contribution in [3.8, 4) is 0 Å². The van der Waals surface area contributed by atoms with E-state index < -0.39 is 11.7 Å². The van der Waals surface area contributed by atoms with Gasteiger partial charge in [-0.25, -0.2) is 0 Å². The Kier molecular flexibility index (Phi) is 6.71. The lowest BCUT2D eigenvalue weighted by Crippen LogP contribution is -2.36. The van der Waals surface area contributed by atoms with Crippen molar-refractivity contribution >= 4 is 0 Å². The number of rotatable bonds is 6. The van der Waals surface area contributed by atoms with Crippen molar-refractivity contribution < 1.29 is 13.2 Å². The third kappa shape index (κ3) is 5.95. The van der Waals surface area contributed by atoms with E-state index in [1.165, 1.54) is 17.7 Å². The van der Waals surface area contributed by atoms with Gasteiger partial charge in [0.2, 0.25) is 0 Å². The SMILES string of the molecule is FC(F)(F)c1cccc(Cc2ccc([C@H]3CCCN(CCc4ccccc4)C3)nc2)c1. The first-order valence-corrected chi connectivity index (χ1v) is 10.8. The third-order valence-corrected chi connectivity index (χ3v) is 5.99. The molecule has 1 aromatic heterocycles. The zero-order chi connectivity index (χ0) is 21.7. The molecule has 2 aromatic carbocycles. The molecule has 0 saturated carbocycles. The Balaban J connectivity index is 1.35. The van der Waals surface area contributed by atoms with Crippen LogP contribution in [0.1, 0.15) is 46.7 Å². The second-order valence-corrected chi connectivity index (χ2v) is 8.34. The molecule has 0 bridgehead atoms. The molecular weight excluding hydrogens is 397 g/mol. The summed E-state index contributed by atoms with van der Waals surface area (Å²) in [6, 6.07) is 20.1. The van der Waals surface area contributed by atoms with Gasteiger partial charge in [-0.2, -0.15) is 13.2 Å². The summed E-state index contributed by atoms with van der Waals surface area (Å²) in [5.41, 5.74) is 3.42. The number of halogens is 3. The third-order valence-electron chi connectivity index (χ3n) is 5.99. The van der Waals surface area contributed by atoms with E-state index in [0.717, 1.165) is 56.2 Å². The molecule has 2 nitrogen and oxygen atoms in total. The number of pyridine rings is 1. The second-order valence-electron chi connectivity index (χ2n) is 8.34. The number of piperidine rings is 1. The van der Waals surface area contributed by atoms with Gasteiger partial charge in [0.15, 0.2) is 0 Å². The number of hydrogen-bond donors (Lipinski definition) is 0. The fourth-order valence-corrected chi connectivity index (χ4v) is 4.31. The van der Waals surface area contributed by atoms with Crippen molar-refractivity contribution in [3.05, 3.63) is 101 Å². The fraction of sp³-hybridized carbons (Fsp3) is 0.346. The maximum absolute atomic E-state index is 12.9. The summed E-state index contributed by atoms with van der Waals surface area (Å²) >= 11 is 0. The predicted molar refractivity (Wildman–Crippen MR) is 117 cm³/mol. The lowest BCUT2D eigenvalue weighted by Gasteiger charge is -2.32. The van der Waals surface area contributed by atoms with Crippen molar-refractivity contribution in [2.45, 2.75) is 37.8 Å². The molecule has 0 N–H and O–H groups in total. The molecule has 0 unspecified atom stereocenters. The van der Waals surface area contributed by atoms with Crippen molar-refractivity contribution in [3.63, 3.8) is 0 Å². The summed E-state index contributed by atoms with van der Waals surface area (Å²) in [7, 11) is 0. The molecule has 0 aliphatic carbocycles. The molecule has 4 rings (SSSR count). The minimum Gasteiger partial charge on any atom is -0.302 e. The maximum Gasteiger partial charge on any atom is 0.416 e. The van der Waals surface area contributed by atoms with Crippen LogP contribution in [0.3, 0.4) is 0 Å². The fourth-order valence-electron chi connectivity index (χ4n) is 4.31. The van der Waals surface area contributed by atoms with Gasteiger partial charge in [-0.1, -0.05) is 54.6 Å². The van der Waals surface area contributed by atoms with E-state index in [-0.39, 0.29) is 0 Å². The highest BCUT2D eigenvalue weighted by Gasteiger charge is 2.30. The minimum absolute atomic E-state index is 0.409. The Hall–Kier alpha value is -2.66. The van der Waals surface area contributed by atoms with Crippen LogP contribution in [-0.4, -0.2) is 29.5 Å². The number of likely N-dealkylation sites (tertiary alicyclic amines) is 1. The topological polar surface area (TPSA) is 16.1 Å². The van der Waals surface area contributed by atoms with Crippen molar-refractivity contribution in [1.29, 1.82) is 0 Å². The van der Waals surface area contributed by atoms with Gasteiger partial charge in [0.1, 0.15) is 0 Å². The summed E-state index contributed by atoms with van der Waals surface area (Å²) in [5, 5.41) is 0. The van der Waals surface area contributed by atoms with Gasteiger partial charge in [-0.15, -0.1) is 0 Å². The summed E-state index contributed by atoms with van der Waals surface area (Å²) in [6.45, 7) is 3.18. The first-order valence-electron chi connectivity index (χ1n) is 10.8. The first-order chi connectivity index (χ1) is 15.0. The Labute approximate surface area is 181 Å². The smallest absolute Gasteiger partial charge is 0.302 e. The summed E-state index contributed by atoms with van der Waals surface area (Å²) < 4.78 is 38.8. The lowest BCUT2D eigenvalue weighted by molar-refractivity contribution is -0.137. The molecule has 1 fully saturated rings. The normalized spacial score (nSPS) is 17.6. The van der Waals surface area contributed by atoms with Gasteiger partial charge in [0.05, 0.1) is 5.56 Å². The zero-order valence-electron chi connectivity index (χ0n) is 17.5. The Morgan fingerprint density at radius 1 is 0.903 bits per heavy atom. The van der Waals surface area contributed by atoms with Crippen molar-refractivity contribution in [1.82, 2.24) is 9.88 Å². The Morgan fingerprint density at radius 2 is 1.71 bits per heavy atom. The van der Waals surface area contributed by atoms with E-state index in [1.807, 2.05) is 24.4 Å². The Morgan fingerprint density at radius 3 is 2.45 bits per heavy atom. The minimum atomic E-state index is -4.31. The number of nitrogens with zero attached hydrogens (tertiary/aromatic N) is 2. The molecular formula is C26H27F3N2. The van der Waals surface area contributed by atoms with E-state index >= 15 is 0 Å². The van der Waals surface area contributed by atoms with Crippen LogP contribution in [0, 0.1) is 0 Å². The molecule has 0 spiro atoms. The quantitative estimate of drug-likeness (QED) is 0.474. The number of hydrogen-bond acceptors (Lipinski definition) is 2. The molecule has 0 radical (unpaired) electrons. The van der Waals surface area contributed by atoms with Gasteiger partial charge in [0, 0.05) is 30.9 Å². The first kappa shape index (κ1) is 21.6. The predicted octanol–water partition coefficient (Wildman–Crippen LogP) is 6.11. The van der Waals surface area contributed by atoms with E-state index in [2.05, 4.69) is 34.1 Å². The van der Waals surface area contributed by atoms with Crippen LogP contribution in [0.25, 0.3) is 0 Å². The molecule has 1 aliphatic rings. The maximum atomic E-state index is 12.9. The molecule has 0 amide bonds. The van der Waals surface area contributed by atoms with Gasteiger partial charge in [0.25, 0.3) is 0 Å². The van der Waals surface area contributed by atoms with Crippen LogP contribution in [-0.2, 0) is 19.0 Å². The van der Waals surface area contributed by atoms with E-state index in [9.17, 15) is 13.2 Å². The molecule has 162 valence electrons. The van der Waals surface area contributed by atoms with Crippen molar-refractivity contribution in [2.75, 3.05) is 19.6 Å². The van der Waals surface area contributed by atoms with Gasteiger partial charge in [-0.3, -0.25) is 4.98 Å². The molecule has 1 saturated heterocycles. The molecule has 31 heavy (non-hydrogen) atoms. The standard InChI is InChI=1S/C26H27F3N2/c27-26(28,29)24-10-4-8-21(17-24)16-22-11-12-25(30-18-22)23-9-5-14-31(19-23)15-13-20-6-2-1-3-7-20/h1-4,6-8,10-12,17-18,23H,5,9,13-16,19H2/t23-/m0/s1. The lowest BCUT2D eigenvalue weighted by atomic mass is 9.93. The van der Waals surface area contributed by atoms with Crippen LogP contribution in [0.5, 0.6) is 0 Å². The highest BCUT2D eigenvalue weighted by atomic mass is 19.4. The summed E-state index contributed by atoms with van der Waals surface area (Å²) in [4.78, 5) is 7.19. The van der Waals surface area contributed by atoms with Crippen LogP contribution < -0.4 is 0 Å². The summed E-state index contributed by atoms with van der Waals surface area (Å²) in [5.74, 6) is 0.409. The summed E-state index contributed by atoms with van der Waals surface area (Å²) in [6.07, 6.45) is 1.29. The largest absolute Gasteiger partial charge is 0.416 e. The van der Waals surface area contributed by atoms with Crippen molar-refractivity contribution in [2.24, 2.45) is 0 Å². The monoisotopic (exact) mass is 424 g/mol. The molecule has 1 aliphatic heterocycles. The highest BCUT2D eigenvalue weighted by Crippen LogP contribution is 2.30. The average Bonchev–Trinajstić information content (AvgIpc) is 2.79. The molecule has 3 aromatic rings. The second kappa shape index (κ2) is 9.65. The zero-order valence-corrected chi connectivity index (χ0v) is 17.5. The van der Waals surface area contributed by atoms with E-state index in [0.29, 0.717) is 17.9 Å². The number of alkyl halides is 3. The van der Waals surface area contributed by atoms with Gasteiger partial charge < -0.3 is 4.90 Å². The highest BCUT2D eigenvalue weighted by molar-refractivity contribution is 5.30. The number of aromatic nitrogens is 1.